The molecule has 0 bridgehead atoms. The second kappa shape index (κ2) is 7.68. The van der Waals surface area contributed by atoms with Crippen molar-refractivity contribution in [3.63, 3.8) is 0 Å². The first-order valence-electron chi connectivity index (χ1n) is 6.01. The van der Waals surface area contributed by atoms with Gasteiger partial charge in [0.1, 0.15) is 12.6 Å². The first kappa shape index (κ1) is 16.2. The van der Waals surface area contributed by atoms with E-state index >= 15 is 0 Å². The number of ether oxygens (including phenoxy) is 1. The molecule has 1 unspecified atom stereocenters. The summed E-state index contributed by atoms with van der Waals surface area (Å²) in [5.74, 6) is -2.69. The molecule has 7 nitrogen and oxygen atoms in total. The molecule has 0 fully saturated rings. The third-order valence-electron chi connectivity index (χ3n) is 2.56. The minimum atomic E-state index is -1.41. The predicted octanol–water partition coefficient (Wildman–Crippen LogP) is 1.40. The van der Waals surface area contributed by atoms with Crippen LogP contribution in [0.25, 0.3) is 0 Å². The molecule has 0 aliphatic rings. The molecule has 1 aromatic rings. The summed E-state index contributed by atoms with van der Waals surface area (Å²) < 4.78 is 4.86. The van der Waals surface area contributed by atoms with Gasteiger partial charge in [0.25, 0.3) is 0 Å². The maximum absolute atomic E-state index is 11.5. The SMILES string of the molecule is C=C(CC(NC(=O)OCc1ccccc1)C(=O)O)C(=O)O. The van der Waals surface area contributed by atoms with Crippen LogP contribution in [0.5, 0.6) is 0 Å². The third-order valence-corrected chi connectivity index (χ3v) is 2.56. The molecule has 112 valence electrons. The van der Waals surface area contributed by atoms with Gasteiger partial charge in [0.15, 0.2) is 0 Å². The van der Waals surface area contributed by atoms with Gasteiger partial charge in [0.2, 0.25) is 0 Å². The lowest BCUT2D eigenvalue weighted by atomic mass is 10.1. The first-order valence-corrected chi connectivity index (χ1v) is 6.01. The molecular formula is C14H15NO6. The lowest BCUT2D eigenvalue weighted by Crippen LogP contribution is -2.41. The summed E-state index contributed by atoms with van der Waals surface area (Å²) in [6.07, 6.45) is -1.35. The monoisotopic (exact) mass is 293 g/mol. The standard InChI is InChI=1S/C14H15NO6/c1-9(12(16)17)7-11(13(18)19)15-14(20)21-8-10-5-3-2-4-6-10/h2-6,11H,1,7-8H2,(H,15,20)(H,16,17)(H,18,19). The normalized spacial score (nSPS) is 11.2. The molecule has 0 aliphatic heterocycles. The molecule has 1 aromatic carbocycles. The highest BCUT2D eigenvalue weighted by atomic mass is 16.5. The van der Waals surface area contributed by atoms with E-state index in [1.54, 1.807) is 24.3 Å². The third kappa shape index (κ3) is 5.77. The Morgan fingerprint density at radius 1 is 1.19 bits per heavy atom. The molecule has 0 spiro atoms. The van der Waals surface area contributed by atoms with E-state index < -0.39 is 30.5 Å². The molecule has 1 atom stereocenters. The lowest BCUT2D eigenvalue weighted by Gasteiger charge is -2.14. The molecule has 0 saturated heterocycles. The average molecular weight is 293 g/mol. The van der Waals surface area contributed by atoms with Crippen LogP contribution in [0.3, 0.4) is 0 Å². The van der Waals surface area contributed by atoms with E-state index in [0.29, 0.717) is 0 Å². The molecule has 0 heterocycles. The predicted molar refractivity (Wildman–Crippen MR) is 72.6 cm³/mol. The van der Waals surface area contributed by atoms with Crippen molar-refractivity contribution >= 4 is 18.0 Å². The maximum Gasteiger partial charge on any atom is 0.408 e. The van der Waals surface area contributed by atoms with Gasteiger partial charge in [0.05, 0.1) is 0 Å². The van der Waals surface area contributed by atoms with E-state index in [4.69, 9.17) is 14.9 Å². The number of amides is 1. The van der Waals surface area contributed by atoms with Crippen LogP contribution in [0.2, 0.25) is 0 Å². The molecule has 7 heteroatoms. The highest BCUT2D eigenvalue weighted by molar-refractivity contribution is 5.88. The van der Waals surface area contributed by atoms with E-state index in [2.05, 4.69) is 11.9 Å². The Labute approximate surface area is 120 Å². The topological polar surface area (TPSA) is 113 Å². The quantitative estimate of drug-likeness (QED) is 0.655. The number of carboxylic acid groups (broad SMARTS) is 2. The highest BCUT2D eigenvalue weighted by Crippen LogP contribution is 2.05. The summed E-state index contributed by atoms with van der Waals surface area (Å²) in [7, 11) is 0. The minimum Gasteiger partial charge on any atom is -0.480 e. The fourth-order valence-corrected chi connectivity index (χ4v) is 1.44. The molecule has 0 aromatic heterocycles. The zero-order valence-corrected chi connectivity index (χ0v) is 11.1. The summed E-state index contributed by atoms with van der Waals surface area (Å²) in [6.45, 7) is 3.21. The van der Waals surface area contributed by atoms with Crippen LogP contribution >= 0.6 is 0 Å². The highest BCUT2D eigenvalue weighted by Gasteiger charge is 2.23. The van der Waals surface area contributed by atoms with Crippen molar-refractivity contribution < 1.29 is 29.3 Å². The van der Waals surface area contributed by atoms with Gasteiger partial charge < -0.3 is 20.3 Å². The van der Waals surface area contributed by atoms with Gasteiger partial charge in [-0.2, -0.15) is 0 Å². The first-order chi connectivity index (χ1) is 9.90. The van der Waals surface area contributed by atoms with Gasteiger partial charge >= 0.3 is 18.0 Å². The van der Waals surface area contributed by atoms with E-state index in [1.807, 2.05) is 6.07 Å². The smallest absolute Gasteiger partial charge is 0.408 e. The van der Waals surface area contributed by atoms with Gasteiger partial charge in [-0.15, -0.1) is 0 Å². The van der Waals surface area contributed by atoms with Crippen LogP contribution in [0.4, 0.5) is 4.79 Å². The molecular weight excluding hydrogens is 278 g/mol. The molecule has 0 radical (unpaired) electrons. The zero-order chi connectivity index (χ0) is 15.8. The van der Waals surface area contributed by atoms with Crippen LogP contribution in [0.1, 0.15) is 12.0 Å². The fourth-order valence-electron chi connectivity index (χ4n) is 1.44. The van der Waals surface area contributed by atoms with E-state index in [-0.39, 0.29) is 12.2 Å². The number of hydrogen-bond acceptors (Lipinski definition) is 4. The van der Waals surface area contributed by atoms with Crippen molar-refractivity contribution in [2.45, 2.75) is 19.1 Å². The largest absolute Gasteiger partial charge is 0.480 e. The number of alkyl carbamates (subject to hydrolysis) is 1. The molecule has 0 saturated carbocycles. The Morgan fingerprint density at radius 3 is 2.33 bits per heavy atom. The van der Waals surface area contributed by atoms with Gasteiger partial charge in [-0.05, 0) is 5.56 Å². The summed E-state index contributed by atoms with van der Waals surface area (Å²) in [5, 5.41) is 19.7. The second-order valence-electron chi connectivity index (χ2n) is 4.21. The van der Waals surface area contributed by atoms with Gasteiger partial charge in [-0.3, -0.25) is 0 Å². The van der Waals surface area contributed by atoms with Crippen molar-refractivity contribution in [1.82, 2.24) is 5.32 Å². The fraction of sp³-hybridized carbons (Fsp3) is 0.214. The summed E-state index contributed by atoms with van der Waals surface area (Å²) >= 11 is 0. The molecule has 1 rings (SSSR count). The van der Waals surface area contributed by atoms with E-state index in [1.165, 1.54) is 0 Å². The number of aliphatic carboxylic acids is 2. The number of carbonyl (C=O) groups excluding carboxylic acids is 1. The Balaban J connectivity index is 2.51. The number of hydrogen-bond donors (Lipinski definition) is 3. The van der Waals surface area contributed by atoms with Crippen LogP contribution in [-0.4, -0.2) is 34.3 Å². The Bertz CT molecular complexity index is 540. The van der Waals surface area contributed by atoms with Gasteiger partial charge in [-0.1, -0.05) is 36.9 Å². The molecule has 1 amide bonds. The van der Waals surface area contributed by atoms with Crippen molar-refractivity contribution in [1.29, 1.82) is 0 Å². The molecule has 0 aliphatic carbocycles. The van der Waals surface area contributed by atoms with Crippen LogP contribution < -0.4 is 5.32 Å². The number of carboxylic acids is 2. The zero-order valence-electron chi connectivity index (χ0n) is 11.1. The summed E-state index contributed by atoms with van der Waals surface area (Å²) in [6, 6.07) is 7.43. The molecule has 3 N–H and O–H groups in total. The number of benzene rings is 1. The van der Waals surface area contributed by atoms with Crippen molar-refractivity contribution in [3.8, 4) is 0 Å². The van der Waals surface area contributed by atoms with Crippen LogP contribution in [-0.2, 0) is 20.9 Å². The number of carbonyl (C=O) groups is 3. The Hall–Kier alpha value is -2.83. The second-order valence-corrected chi connectivity index (χ2v) is 4.21. The summed E-state index contributed by atoms with van der Waals surface area (Å²) in [4.78, 5) is 33.1. The van der Waals surface area contributed by atoms with Crippen molar-refractivity contribution in [2.75, 3.05) is 0 Å². The minimum absolute atomic E-state index is 0.0150. The maximum atomic E-state index is 11.5. The molecule has 21 heavy (non-hydrogen) atoms. The number of rotatable bonds is 7. The van der Waals surface area contributed by atoms with Gasteiger partial charge in [-0.25, -0.2) is 14.4 Å². The van der Waals surface area contributed by atoms with E-state index in [0.717, 1.165) is 5.56 Å². The van der Waals surface area contributed by atoms with Crippen molar-refractivity contribution in [2.24, 2.45) is 0 Å². The van der Waals surface area contributed by atoms with Crippen LogP contribution in [0.15, 0.2) is 42.5 Å². The van der Waals surface area contributed by atoms with Crippen LogP contribution in [0, 0.1) is 0 Å². The van der Waals surface area contributed by atoms with E-state index in [9.17, 15) is 14.4 Å². The Kier molecular flexibility index (Phi) is 5.94. The lowest BCUT2D eigenvalue weighted by molar-refractivity contribution is -0.139. The van der Waals surface area contributed by atoms with Gasteiger partial charge in [0, 0.05) is 12.0 Å². The Morgan fingerprint density at radius 2 is 1.81 bits per heavy atom. The number of nitrogens with one attached hydrogen (secondary N) is 1. The summed E-state index contributed by atoms with van der Waals surface area (Å²) in [5.41, 5.74) is 0.431. The average Bonchev–Trinajstić information content (AvgIpc) is 2.45. The van der Waals surface area contributed by atoms with Crippen molar-refractivity contribution in [3.05, 3.63) is 48.0 Å².